The Bertz CT molecular complexity index is 1020. The summed E-state index contributed by atoms with van der Waals surface area (Å²) >= 11 is 13.9. The van der Waals surface area contributed by atoms with Crippen molar-refractivity contribution < 1.29 is 4.79 Å². The van der Waals surface area contributed by atoms with Crippen LogP contribution in [0, 0.1) is 13.8 Å². The van der Waals surface area contributed by atoms with Gasteiger partial charge in [0.05, 0.1) is 20.8 Å². The molecule has 0 N–H and O–H groups in total. The fourth-order valence-electron chi connectivity index (χ4n) is 3.11. The third kappa shape index (κ3) is 5.62. The van der Waals surface area contributed by atoms with Gasteiger partial charge in [-0.05, 0) is 76.3 Å². The van der Waals surface area contributed by atoms with Gasteiger partial charge in [0, 0.05) is 11.6 Å². The summed E-state index contributed by atoms with van der Waals surface area (Å²) in [5, 5.41) is 1.56. The number of hydrogen-bond acceptors (Lipinski definition) is 4. The Morgan fingerprint density at radius 1 is 1.10 bits per heavy atom. The van der Waals surface area contributed by atoms with Crippen molar-refractivity contribution in [3.63, 3.8) is 0 Å². The van der Waals surface area contributed by atoms with E-state index in [4.69, 9.17) is 28.2 Å². The molecular weight excluding hydrogens is 449 g/mol. The lowest BCUT2D eigenvalue weighted by Crippen LogP contribution is -2.33. The molecule has 8 heteroatoms. The van der Waals surface area contributed by atoms with E-state index in [1.54, 1.807) is 23.1 Å². The van der Waals surface area contributed by atoms with Crippen molar-refractivity contribution >= 4 is 68.2 Å². The van der Waals surface area contributed by atoms with Gasteiger partial charge in [-0.3, -0.25) is 9.69 Å². The summed E-state index contributed by atoms with van der Waals surface area (Å²) in [4.78, 5) is 22.0. The highest BCUT2D eigenvalue weighted by Crippen LogP contribution is 2.33. The van der Waals surface area contributed by atoms with E-state index in [0.717, 1.165) is 28.7 Å². The van der Waals surface area contributed by atoms with E-state index in [1.165, 1.54) is 16.9 Å². The monoisotopic (exact) mass is 471 g/mol. The first kappa shape index (κ1) is 23.9. The molecule has 1 amide bonds. The summed E-state index contributed by atoms with van der Waals surface area (Å²) in [7, 11) is 4.04. The largest absolute Gasteiger partial charge is 0.309 e. The number of benzene rings is 2. The maximum Gasteiger partial charge on any atom is 0.261 e. The molecule has 3 rings (SSSR count). The fourth-order valence-corrected chi connectivity index (χ4v) is 4.65. The summed E-state index contributed by atoms with van der Waals surface area (Å²) < 4.78 is 1.08. The highest BCUT2D eigenvalue weighted by atomic mass is 35.5. The van der Waals surface area contributed by atoms with Gasteiger partial charge in [0.15, 0.2) is 5.13 Å². The van der Waals surface area contributed by atoms with Crippen molar-refractivity contribution in [3.8, 4) is 0 Å². The Hall–Kier alpha value is -1.37. The molecule has 0 aliphatic heterocycles. The molecule has 0 aliphatic rings. The topological polar surface area (TPSA) is 36.4 Å². The molecule has 4 nitrogen and oxygen atoms in total. The van der Waals surface area contributed by atoms with E-state index in [9.17, 15) is 4.79 Å². The first-order valence-electron chi connectivity index (χ1n) is 9.05. The second kappa shape index (κ2) is 10.1. The quantitative estimate of drug-likeness (QED) is 0.426. The molecule has 1 aromatic heterocycles. The van der Waals surface area contributed by atoms with Gasteiger partial charge in [-0.25, -0.2) is 4.98 Å². The van der Waals surface area contributed by atoms with Crippen LogP contribution in [0.1, 0.15) is 27.9 Å². The van der Waals surface area contributed by atoms with E-state index in [2.05, 4.69) is 24.0 Å². The van der Waals surface area contributed by atoms with Gasteiger partial charge >= 0.3 is 0 Å². The highest BCUT2D eigenvalue weighted by Gasteiger charge is 2.23. The Morgan fingerprint density at radius 2 is 1.83 bits per heavy atom. The van der Waals surface area contributed by atoms with Gasteiger partial charge in [-0.1, -0.05) is 40.6 Å². The third-order valence-corrected chi connectivity index (χ3v) is 6.03. The molecule has 29 heavy (non-hydrogen) atoms. The maximum absolute atomic E-state index is 13.4. The van der Waals surface area contributed by atoms with Crippen molar-refractivity contribution in [2.45, 2.75) is 20.3 Å². The number of hydrogen-bond donors (Lipinski definition) is 0. The number of carbonyl (C=O) groups excluding carboxylic acids is 1. The number of carbonyl (C=O) groups is 1. The zero-order chi connectivity index (χ0) is 20.4. The molecule has 0 aliphatic carbocycles. The number of nitrogens with zero attached hydrogens (tertiary/aromatic N) is 3. The number of aromatic nitrogens is 1. The Labute approximate surface area is 191 Å². The van der Waals surface area contributed by atoms with E-state index in [0.29, 0.717) is 27.3 Å². The smallest absolute Gasteiger partial charge is 0.261 e. The van der Waals surface area contributed by atoms with Crippen molar-refractivity contribution in [1.82, 2.24) is 9.88 Å². The average Bonchev–Trinajstić information content (AvgIpc) is 3.04. The molecule has 0 saturated heterocycles. The third-order valence-electron chi connectivity index (χ3n) is 4.44. The summed E-state index contributed by atoms with van der Waals surface area (Å²) in [6.45, 7) is 5.54. The number of thiazole rings is 1. The fraction of sp³-hybridized carbons (Fsp3) is 0.333. The standard InChI is InChI=1S/C21H23Cl2N3OS.ClH/c1-13-10-14(2)19-18(11-13)28-21(24-19)26(9-5-8-25(3)4)20(27)16-12-15(22)6-7-17(16)23;/h6-7,10-12H,5,8-9H2,1-4H3;1H. The van der Waals surface area contributed by atoms with Crippen LogP contribution in [0.25, 0.3) is 10.2 Å². The molecule has 0 atom stereocenters. The lowest BCUT2D eigenvalue weighted by atomic mass is 10.1. The molecule has 0 fully saturated rings. The molecule has 0 unspecified atom stereocenters. The first-order chi connectivity index (χ1) is 13.3. The molecular formula is C21H24Cl3N3OS. The number of aryl methyl sites for hydroxylation is 2. The van der Waals surface area contributed by atoms with E-state index >= 15 is 0 Å². The van der Waals surface area contributed by atoms with Crippen LogP contribution in [-0.2, 0) is 0 Å². The Kier molecular flexibility index (Phi) is 8.32. The predicted molar refractivity (Wildman–Crippen MR) is 128 cm³/mol. The molecule has 0 spiro atoms. The van der Waals surface area contributed by atoms with Crippen LogP contribution in [-0.4, -0.2) is 43.0 Å². The Morgan fingerprint density at radius 3 is 2.52 bits per heavy atom. The van der Waals surface area contributed by atoms with Crippen molar-refractivity contribution in [1.29, 1.82) is 0 Å². The van der Waals surface area contributed by atoms with Gasteiger partial charge in [0.1, 0.15) is 0 Å². The molecule has 2 aromatic carbocycles. The highest BCUT2D eigenvalue weighted by molar-refractivity contribution is 7.22. The minimum absolute atomic E-state index is 0. The van der Waals surface area contributed by atoms with Crippen LogP contribution in [0.2, 0.25) is 10.0 Å². The van der Waals surface area contributed by atoms with Crippen LogP contribution in [0.3, 0.4) is 0 Å². The SMILES string of the molecule is Cc1cc(C)c2nc(N(CCCN(C)C)C(=O)c3cc(Cl)ccc3Cl)sc2c1.Cl. The van der Waals surface area contributed by atoms with Gasteiger partial charge < -0.3 is 4.90 Å². The summed E-state index contributed by atoms with van der Waals surface area (Å²) in [5.74, 6) is -0.181. The average molecular weight is 473 g/mol. The van der Waals surface area contributed by atoms with Crippen LogP contribution in [0.15, 0.2) is 30.3 Å². The molecule has 0 bridgehead atoms. The van der Waals surface area contributed by atoms with Crippen LogP contribution >= 0.6 is 46.9 Å². The number of fused-ring (bicyclic) bond motifs is 1. The summed E-state index contributed by atoms with van der Waals surface area (Å²) in [6, 6.07) is 9.17. The second-order valence-electron chi connectivity index (χ2n) is 7.16. The second-order valence-corrected chi connectivity index (χ2v) is 9.02. The minimum Gasteiger partial charge on any atom is -0.309 e. The number of amides is 1. The van der Waals surface area contributed by atoms with Crippen LogP contribution in [0.5, 0.6) is 0 Å². The lowest BCUT2D eigenvalue weighted by molar-refractivity contribution is 0.0986. The molecule has 156 valence electrons. The summed E-state index contributed by atoms with van der Waals surface area (Å²) in [5.41, 5.74) is 3.63. The van der Waals surface area contributed by atoms with Crippen molar-refractivity contribution in [3.05, 3.63) is 57.1 Å². The van der Waals surface area contributed by atoms with Crippen LogP contribution in [0.4, 0.5) is 5.13 Å². The lowest BCUT2D eigenvalue weighted by Gasteiger charge is -2.21. The van der Waals surface area contributed by atoms with E-state index < -0.39 is 0 Å². The zero-order valence-electron chi connectivity index (χ0n) is 16.8. The van der Waals surface area contributed by atoms with E-state index in [-0.39, 0.29) is 18.3 Å². The zero-order valence-corrected chi connectivity index (χ0v) is 20.0. The van der Waals surface area contributed by atoms with Gasteiger partial charge in [0.25, 0.3) is 5.91 Å². The minimum atomic E-state index is -0.181. The molecule has 1 heterocycles. The van der Waals surface area contributed by atoms with Crippen LogP contribution < -0.4 is 4.90 Å². The molecule has 0 radical (unpaired) electrons. The van der Waals surface area contributed by atoms with Crippen molar-refractivity contribution in [2.24, 2.45) is 0 Å². The normalized spacial score (nSPS) is 11.0. The molecule has 3 aromatic rings. The van der Waals surface area contributed by atoms with Crippen molar-refractivity contribution in [2.75, 3.05) is 32.1 Å². The number of anilines is 1. The first-order valence-corrected chi connectivity index (χ1v) is 10.6. The number of halogens is 3. The van der Waals surface area contributed by atoms with Gasteiger partial charge in [0.2, 0.25) is 0 Å². The predicted octanol–water partition coefficient (Wildman–Crippen LogP) is 6.24. The van der Waals surface area contributed by atoms with E-state index in [1.807, 2.05) is 21.0 Å². The summed E-state index contributed by atoms with van der Waals surface area (Å²) in [6.07, 6.45) is 0.824. The van der Waals surface area contributed by atoms with Gasteiger partial charge in [-0.15, -0.1) is 12.4 Å². The maximum atomic E-state index is 13.4. The van der Waals surface area contributed by atoms with Gasteiger partial charge in [-0.2, -0.15) is 0 Å². The Balaban J connectivity index is 0.00000300. The number of rotatable bonds is 6. The molecule has 0 saturated carbocycles.